The van der Waals surface area contributed by atoms with Crippen molar-refractivity contribution in [2.45, 2.75) is 112 Å². The third-order valence-corrected chi connectivity index (χ3v) is 11.3. The van der Waals surface area contributed by atoms with Gasteiger partial charge >= 0.3 is 5.97 Å². The summed E-state index contributed by atoms with van der Waals surface area (Å²) in [4.78, 5) is 109. The van der Waals surface area contributed by atoms with E-state index >= 15 is 0 Å². The van der Waals surface area contributed by atoms with Crippen LogP contribution in [-0.4, -0.2) is 216 Å². The number of carbonyl (C=O) groups is 8. The molecule has 16 N–H and O–H groups in total. The van der Waals surface area contributed by atoms with E-state index in [1.54, 1.807) is 0 Å². The Morgan fingerprint density at radius 3 is 1.42 bits per heavy atom. The third kappa shape index (κ3) is 13.0. The van der Waals surface area contributed by atoms with Crippen molar-refractivity contribution in [3.05, 3.63) is 29.8 Å². The number of phenolic OH excluding ortho intramolecular Hbond substituents is 1. The number of aliphatic hydroxyl groups is 6. The SMILES string of the molecule is NCCCC[C@H](NC(=O)[C@H](Cc1ccc(O)cc1)NC(=O)[C@@H]1C[C@@H](O)CN1C(=O)[C@H](CO)NC(=O)[C@@H]1C[C@@H](O)CN1C(=O)[C@H](CO)NC(=O)[C@@H]1C[C@@H](O)CN1C(=O)[C@@H](N)CO)C(=O)O. The molecule has 7 amide bonds. The molecular weight excluding hydrogens is 850 g/mol. The summed E-state index contributed by atoms with van der Waals surface area (Å²) < 4.78 is 0. The second-order valence-electron chi connectivity index (χ2n) is 16.1. The van der Waals surface area contributed by atoms with E-state index in [2.05, 4.69) is 21.3 Å². The first kappa shape index (κ1) is 51.1. The first-order valence-electron chi connectivity index (χ1n) is 20.8. The Hall–Kier alpha value is -5.54. The van der Waals surface area contributed by atoms with Crippen molar-refractivity contribution in [3.63, 3.8) is 0 Å². The van der Waals surface area contributed by atoms with Crippen molar-refractivity contribution < 1.29 is 79.2 Å². The number of carboxylic acids is 1. The molecule has 64 heavy (non-hydrogen) atoms. The number of nitrogens with two attached hydrogens (primary N) is 2. The first-order chi connectivity index (χ1) is 30.3. The van der Waals surface area contributed by atoms with Gasteiger partial charge in [0, 0.05) is 45.3 Å². The lowest BCUT2D eigenvalue weighted by Crippen LogP contribution is -2.60. The number of benzene rings is 1. The van der Waals surface area contributed by atoms with Crippen molar-refractivity contribution in [2.75, 3.05) is 46.0 Å². The molecule has 356 valence electrons. The first-order valence-corrected chi connectivity index (χ1v) is 20.8. The van der Waals surface area contributed by atoms with Gasteiger partial charge in [0.2, 0.25) is 41.4 Å². The summed E-state index contributed by atoms with van der Waals surface area (Å²) in [5.41, 5.74) is 11.6. The van der Waals surface area contributed by atoms with Crippen molar-refractivity contribution in [3.8, 4) is 5.75 Å². The molecule has 0 unspecified atom stereocenters. The highest BCUT2D eigenvalue weighted by Gasteiger charge is 2.47. The van der Waals surface area contributed by atoms with E-state index < -0.39 is 147 Å². The summed E-state index contributed by atoms with van der Waals surface area (Å²) in [6, 6.07) is -6.45. The zero-order valence-corrected chi connectivity index (χ0v) is 34.9. The van der Waals surface area contributed by atoms with E-state index in [9.17, 15) is 79.2 Å². The predicted molar refractivity (Wildman–Crippen MR) is 218 cm³/mol. The molecule has 0 saturated carbocycles. The van der Waals surface area contributed by atoms with Gasteiger partial charge in [0.1, 0.15) is 54.1 Å². The number of hydrogen-bond donors (Lipinski definition) is 14. The number of hydrogen-bond acceptors (Lipinski definition) is 17. The number of carboxylic acid groups (broad SMARTS) is 1. The highest BCUT2D eigenvalue weighted by atomic mass is 16.4. The summed E-state index contributed by atoms with van der Waals surface area (Å²) in [5, 5.41) is 90.0. The number of aliphatic hydroxyl groups excluding tert-OH is 6. The Kier molecular flexibility index (Phi) is 18.7. The van der Waals surface area contributed by atoms with Crippen LogP contribution in [0.15, 0.2) is 24.3 Å². The van der Waals surface area contributed by atoms with Gasteiger partial charge in [-0.3, -0.25) is 33.6 Å². The largest absolute Gasteiger partial charge is 0.508 e. The van der Waals surface area contributed by atoms with E-state index in [4.69, 9.17) is 11.5 Å². The molecular formula is C39H59N9O16. The summed E-state index contributed by atoms with van der Waals surface area (Å²) in [6.45, 7) is -3.78. The molecule has 4 rings (SSSR count). The molecule has 3 aliphatic heterocycles. The number of phenols is 1. The van der Waals surface area contributed by atoms with Crippen molar-refractivity contribution in [1.29, 1.82) is 0 Å². The lowest BCUT2D eigenvalue weighted by atomic mass is 10.0. The van der Waals surface area contributed by atoms with Crippen LogP contribution >= 0.6 is 0 Å². The molecule has 0 aliphatic carbocycles. The van der Waals surface area contributed by atoms with Crippen LogP contribution in [0.4, 0.5) is 0 Å². The number of amides is 7. The fraction of sp³-hybridized carbons (Fsp3) is 0.641. The van der Waals surface area contributed by atoms with E-state index in [0.29, 0.717) is 24.9 Å². The molecule has 11 atom stereocenters. The second kappa shape index (κ2) is 23.4. The van der Waals surface area contributed by atoms with Crippen LogP contribution in [0, 0.1) is 0 Å². The minimum atomic E-state index is -1.79. The quantitative estimate of drug-likeness (QED) is 0.0509. The van der Waals surface area contributed by atoms with Crippen molar-refractivity contribution in [2.24, 2.45) is 11.5 Å². The number of rotatable bonds is 21. The van der Waals surface area contributed by atoms with Crippen molar-refractivity contribution in [1.82, 2.24) is 36.0 Å². The minimum absolute atomic E-state index is 0.0325. The molecule has 3 saturated heterocycles. The number of aromatic hydroxyl groups is 1. The van der Waals surface area contributed by atoms with Crippen LogP contribution in [0.2, 0.25) is 0 Å². The molecule has 3 heterocycles. The third-order valence-electron chi connectivity index (χ3n) is 11.3. The van der Waals surface area contributed by atoms with E-state index in [1.807, 2.05) is 0 Å². The van der Waals surface area contributed by atoms with Gasteiger partial charge in [0.15, 0.2) is 0 Å². The molecule has 1 aromatic rings. The lowest BCUT2D eigenvalue weighted by Gasteiger charge is -2.32. The molecule has 0 aromatic heterocycles. The van der Waals surface area contributed by atoms with Crippen LogP contribution in [-0.2, 0) is 44.8 Å². The van der Waals surface area contributed by atoms with Gasteiger partial charge in [0.25, 0.3) is 0 Å². The summed E-state index contributed by atoms with van der Waals surface area (Å²) >= 11 is 0. The van der Waals surface area contributed by atoms with E-state index in [1.165, 1.54) is 24.3 Å². The Bertz CT molecular complexity index is 1840. The lowest BCUT2D eigenvalue weighted by molar-refractivity contribution is -0.146. The number of nitrogens with one attached hydrogen (secondary N) is 4. The van der Waals surface area contributed by atoms with E-state index in [-0.39, 0.29) is 44.4 Å². The van der Waals surface area contributed by atoms with Crippen LogP contribution in [0.25, 0.3) is 0 Å². The molecule has 0 radical (unpaired) electrons. The molecule has 3 aliphatic rings. The maximum atomic E-state index is 13.9. The smallest absolute Gasteiger partial charge is 0.326 e. The van der Waals surface area contributed by atoms with E-state index in [0.717, 1.165) is 14.7 Å². The summed E-state index contributed by atoms with van der Waals surface area (Å²) in [7, 11) is 0. The summed E-state index contributed by atoms with van der Waals surface area (Å²) in [5.74, 6) is -8.28. The molecule has 3 fully saturated rings. The van der Waals surface area contributed by atoms with Gasteiger partial charge in [-0.2, -0.15) is 0 Å². The number of likely N-dealkylation sites (tertiary alicyclic amines) is 3. The number of β-amino-alcohol motifs (C(OH)–C–C–N with tert-alkyl or cyclic N) is 3. The number of carbonyl (C=O) groups excluding carboxylic acids is 7. The predicted octanol–water partition coefficient (Wildman–Crippen LogP) is -7.72. The monoisotopic (exact) mass is 909 g/mol. The number of nitrogens with zero attached hydrogens (tertiary/aromatic N) is 3. The topological polar surface area (TPSA) is 408 Å². The zero-order chi connectivity index (χ0) is 47.4. The molecule has 25 heteroatoms. The molecule has 0 bridgehead atoms. The standard InChI is InChI=1S/C39H59N9O16/c40-8-2-1-3-25(39(63)64)42-32(56)26(9-19-4-6-20(52)7-5-19)43-33(57)30-11-22(54)14-47(30)37(61)28(18-51)45-35(59)31-12-23(55)15-48(31)38(62)27(17-50)44-34(58)29-10-21(53)13-46(29)36(60)24(41)16-49/h4-7,21-31,49-55H,1-3,8-18,40-41H2,(H,42,56)(H,43,57)(H,44,58)(H,45,59)(H,63,64)/t21-,22-,23-,24+,25+,26+,27+,28+,29+,30+,31+/m1/s1. The fourth-order valence-electron chi connectivity index (χ4n) is 7.88. The van der Waals surface area contributed by atoms with Crippen LogP contribution < -0.4 is 32.7 Å². The van der Waals surface area contributed by atoms with Crippen molar-refractivity contribution >= 4 is 47.3 Å². The Balaban J connectivity index is 1.47. The molecule has 25 nitrogen and oxygen atoms in total. The number of unbranched alkanes of at least 4 members (excludes halogenated alkanes) is 1. The fourth-order valence-corrected chi connectivity index (χ4v) is 7.88. The van der Waals surface area contributed by atoms with Crippen LogP contribution in [0.5, 0.6) is 5.75 Å². The Morgan fingerprint density at radius 1 is 0.609 bits per heavy atom. The highest BCUT2D eigenvalue weighted by Crippen LogP contribution is 2.24. The van der Waals surface area contributed by atoms with Crippen LogP contribution in [0.1, 0.15) is 44.1 Å². The molecule has 0 spiro atoms. The highest BCUT2D eigenvalue weighted by molar-refractivity contribution is 5.98. The average Bonchev–Trinajstić information content (AvgIpc) is 3.99. The van der Waals surface area contributed by atoms with Gasteiger partial charge in [-0.05, 0) is 43.5 Å². The van der Waals surface area contributed by atoms with Gasteiger partial charge in [-0.25, -0.2) is 4.79 Å². The Morgan fingerprint density at radius 2 is 1.03 bits per heavy atom. The second-order valence-corrected chi connectivity index (χ2v) is 16.1. The minimum Gasteiger partial charge on any atom is -0.508 e. The van der Waals surface area contributed by atoms with Crippen LogP contribution in [0.3, 0.4) is 0 Å². The molecule has 1 aromatic carbocycles. The average molecular weight is 910 g/mol. The normalized spacial score (nSPS) is 24.3. The van der Waals surface area contributed by atoms with Gasteiger partial charge in [0.05, 0.1) is 38.1 Å². The number of aliphatic carboxylic acids is 1. The maximum Gasteiger partial charge on any atom is 0.326 e. The van der Waals surface area contributed by atoms with Gasteiger partial charge in [-0.1, -0.05) is 12.1 Å². The van der Waals surface area contributed by atoms with Gasteiger partial charge in [-0.15, -0.1) is 0 Å². The summed E-state index contributed by atoms with van der Waals surface area (Å²) in [6.07, 6.45) is -4.05. The zero-order valence-electron chi connectivity index (χ0n) is 34.9. The Labute approximate surface area is 366 Å². The maximum absolute atomic E-state index is 13.9. The van der Waals surface area contributed by atoms with Gasteiger partial charge < -0.3 is 88.3 Å².